The number of carbonyl (C=O) groups is 3. The number of hydrogen-bond donors (Lipinski definition) is 0. The molecule has 2 heterocycles. The van der Waals surface area contributed by atoms with Gasteiger partial charge in [0.2, 0.25) is 11.8 Å². The van der Waals surface area contributed by atoms with Gasteiger partial charge in [-0.05, 0) is 19.8 Å². The van der Waals surface area contributed by atoms with Gasteiger partial charge in [0.15, 0.2) is 0 Å². The molecule has 2 saturated heterocycles. The Labute approximate surface area is 87.4 Å². The van der Waals surface area contributed by atoms with E-state index in [4.69, 9.17) is 4.74 Å². The van der Waals surface area contributed by atoms with Crippen molar-refractivity contribution in [2.24, 2.45) is 0 Å². The second-order valence-electron chi connectivity index (χ2n) is 4.00. The quantitative estimate of drug-likeness (QED) is 0.460. The van der Waals surface area contributed by atoms with Crippen LogP contribution in [0.15, 0.2) is 0 Å². The predicted molar refractivity (Wildman–Crippen MR) is 49.7 cm³/mol. The van der Waals surface area contributed by atoms with Crippen molar-refractivity contribution in [3.8, 4) is 0 Å². The van der Waals surface area contributed by atoms with E-state index in [1.807, 2.05) is 6.92 Å². The first-order valence-corrected chi connectivity index (χ1v) is 5.15. The summed E-state index contributed by atoms with van der Waals surface area (Å²) < 4.78 is 5.02. The van der Waals surface area contributed by atoms with E-state index in [0.29, 0.717) is 12.8 Å². The Balaban J connectivity index is 2.13. The Morgan fingerprint density at radius 1 is 1.13 bits per heavy atom. The van der Waals surface area contributed by atoms with Crippen LogP contribution < -0.4 is 0 Å². The number of amides is 2. The molecule has 0 aromatic rings. The van der Waals surface area contributed by atoms with Crippen molar-refractivity contribution in [2.45, 2.75) is 44.8 Å². The van der Waals surface area contributed by atoms with Crippen molar-refractivity contribution in [2.75, 3.05) is 0 Å². The molecule has 0 spiro atoms. The Hall–Kier alpha value is -1.39. The van der Waals surface area contributed by atoms with Crippen molar-refractivity contribution in [1.82, 2.24) is 4.90 Å². The molecule has 0 aromatic heterocycles. The van der Waals surface area contributed by atoms with Gasteiger partial charge in [-0.1, -0.05) is 0 Å². The number of esters is 1. The fraction of sp³-hybridized carbons (Fsp3) is 0.700. The first-order chi connectivity index (χ1) is 7.09. The molecule has 5 heteroatoms. The Kier molecular flexibility index (Phi) is 2.46. The van der Waals surface area contributed by atoms with Crippen LogP contribution in [0.2, 0.25) is 0 Å². The molecule has 0 radical (unpaired) electrons. The maximum absolute atomic E-state index is 11.5. The third kappa shape index (κ3) is 1.73. The van der Waals surface area contributed by atoms with Gasteiger partial charge in [-0.2, -0.15) is 0 Å². The van der Waals surface area contributed by atoms with Gasteiger partial charge in [0.05, 0.1) is 6.10 Å². The lowest BCUT2D eigenvalue weighted by Gasteiger charge is -2.30. The first kappa shape index (κ1) is 10.1. The van der Waals surface area contributed by atoms with Crippen LogP contribution in [0.3, 0.4) is 0 Å². The van der Waals surface area contributed by atoms with Gasteiger partial charge in [0, 0.05) is 12.8 Å². The van der Waals surface area contributed by atoms with Crippen LogP contribution in [0, 0.1) is 0 Å². The summed E-state index contributed by atoms with van der Waals surface area (Å²) in [7, 11) is 0. The topological polar surface area (TPSA) is 63.7 Å². The van der Waals surface area contributed by atoms with Gasteiger partial charge in [0.25, 0.3) is 0 Å². The van der Waals surface area contributed by atoms with Crippen molar-refractivity contribution in [3.63, 3.8) is 0 Å². The van der Waals surface area contributed by atoms with E-state index in [9.17, 15) is 14.4 Å². The molecule has 0 saturated carbocycles. The summed E-state index contributed by atoms with van der Waals surface area (Å²) in [5.74, 6) is -0.953. The van der Waals surface area contributed by atoms with Gasteiger partial charge in [0.1, 0.15) is 6.04 Å². The maximum atomic E-state index is 11.5. The zero-order valence-electron chi connectivity index (χ0n) is 8.56. The van der Waals surface area contributed by atoms with E-state index in [0.717, 1.165) is 4.90 Å². The van der Waals surface area contributed by atoms with Crippen LogP contribution in [0.1, 0.15) is 32.6 Å². The lowest BCUT2D eigenvalue weighted by atomic mass is 10.0. The van der Waals surface area contributed by atoms with E-state index in [-0.39, 0.29) is 30.8 Å². The highest BCUT2D eigenvalue weighted by Gasteiger charge is 2.41. The molecule has 2 unspecified atom stereocenters. The minimum absolute atomic E-state index is 0.110. The molecular formula is C10H13NO4. The van der Waals surface area contributed by atoms with Crippen molar-refractivity contribution in [1.29, 1.82) is 0 Å². The third-order valence-corrected chi connectivity index (χ3v) is 2.84. The fourth-order valence-electron chi connectivity index (χ4n) is 2.02. The molecular weight excluding hydrogens is 198 g/mol. The van der Waals surface area contributed by atoms with E-state index >= 15 is 0 Å². The number of rotatable bonds is 1. The molecule has 0 N–H and O–H groups in total. The molecule has 0 bridgehead atoms. The molecule has 0 aromatic carbocycles. The number of likely N-dealkylation sites (tertiary alicyclic amines) is 1. The molecule has 2 fully saturated rings. The summed E-state index contributed by atoms with van der Waals surface area (Å²) in [6.45, 7) is 1.81. The first-order valence-electron chi connectivity index (χ1n) is 5.15. The molecule has 82 valence electrons. The molecule has 2 aliphatic heterocycles. The average molecular weight is 211 g/mol. The zero-order valence-corrected chi connectivity index (χ0v) is 8.56. The highest BCUT2D eigenvalue weighted by atomic mass is 16.5. The highest BCUT2D eigenvalue weighted by molar-refractivity contribution is 6.05. The predicted octanol–water partition coefficient (Wildman–Crippen LogP) is 0.229. The Bertz CT molecular complexity index is 309. The Morgan fingerprint density at radius 2 is 1.73 bits per heavy atom. The van der Waals surface area contributed by atoms with Crippen molar-refractivity contribution in [3.05, 3.63) is 0 Å². The van der Waals surface area contributed by atoms with E-state index in [2.05, 4.69) is 0 Å². The van der Waals surface area contributed by atoms with Gasteiger partial charge >= 0.3 is 5.97 Å². The third-order valence-electron chi connectivity index (χ3n) is 2.84. The van der Waals surface area contributed by atoms with Gasteiger partial charge < -0.3 is 4.74 Å². The van der Waals surface area contributed by atoms with Crippen LogP contribution in [0.4, 0.5) is 0 Å². The second kappa shape index (κ2) is 3.64. The number of nitrogens with zero attached hydrogens (tertiary/aromatic N) is 1. The van der Waals surface area contributed by atoms with Gasteiger partial charge in [-0.25, -0.2) is 4.79 Å². The van der Waals surface area contributed by atoms with E-state index in [1.165, 1.54) is 0 Å². The minimum Gasteiger partial charge on any atom is -0.461 e. The second-order valence-corrected chi connectivity index (χ2v) is 4.00. The SMILES string of the molecule is CC1CCC(N2C(=O)CCC2=O)C(=O)O1. The van der Waals surface area contributed by atoms with E-state index < -0.39 is 12.0 Å². The van der Waals surface area contributed by atoms with Crippen molar-refractivity contribution < 1.29 is 19.1 Å². The average Bonchev–Trinajstić information content (AvgIpc) is 2.48. The smallest absolute Gasteiger partial charge is 0.329 e. The maximum Gasteiger partial charge on any atom is 0.329 e. The van der Waals surface area contributed by atoms with Crippen LogP contribution in [0.5, 0.6) is 0 Å². The van der Waals surface area contributed by atoms with Crippen LogP contribution in [-0.4, -0.2) is 34.8 Å². The van der Waals surface area contributed by atoms with Crippen LogP contribution in [-0.2, 0) is 19.1 Å². The largest absolute Gasteiger partial charge is 0.461 e. The Morgan fingerprint density at radius 3 is 2.27 bits per heavy atom. The normalized spacial score (nSPS) is 32.1. The summed E-state index contributed by atoms with van der Waals surface area (Å²) in [6.07, 6.45) is 1.56. The fourth-order valence-corrected chi connectivity index (χ4v) is 2.02. The monoisotopic (exact) mass is 211 g/mol. The summed E-state index contributed by atoms with van der Waals surface area (Å²) in [5.41, 5.74) is 0. The number of hydrogen-bond acceptors (Lipinski definition) is 4. The van der Waals surface area contributed by atoms with Gasteiger partial charge in [-0.3, -0.25) is 14.5 Å². The molecule has 2 amide bonds. The van der Waals surface area contributed by atoms with Gasteiger partial charge in [-0.15, -0.1) is 0 Å². The lowest BCUT2D eigenvalue weighted by molar-refractivity contribution is -0.167. The standard InChI is InChI=1S/C10H13NO4/c1-6-2-3-7(10(14)15-6)11-8(12)4-5-9(11)13/h6-7H,2-5H2,1H3. The number of carbonyl (C=O) groups excluding carboxylic acids is 3. The summed E-state index contributed by atoms with van der Waals surface area (Å²) in [4.78, 5) is 35.4. The lowest BCUT2D eigenvalue weighted by Crippen LogP contribution is -2.48. The number of cyclic esters (lactones) is 1. The highest BCUT2D eigenvalue weighted by Crippen LogP contribution is 2.24. The molecule has 15 heavy (non-hydrogen) atoms. The van der Waals surface area contributed by atoms with E-state index in [1.54, 1.807) is 0 Å². The molecule has 2 atom stereocenters. The number of ether oxygens (including phenoxy) is 1. The number of imide groups is 1. The summed E-state index contributed by atoms with van der Waals surface area (Å²) in [6, 6.07) is -0.677. The molecule has 5 nitrogen and oxygen atoms in total. The summed E-state index contributed by atoms with van der Waals surface area (Å²) >= 11 is 0. The zero-order chi connectivity index (χ0) is 11.0. The molecule has 2 rings (SSSR count). The van der Waals surface area contributed by atoms with Crippen LogP contribution >= 0.6 is 0 Å². The summed E-state index contributed by atoms with van der Waals surface area (Å²) in [5, 5.41) is 0. The van der Waals surface area contributed by atoms with Crippen molar-refractivity contribution >= 4 is 17.8 Å². The molecule has 2 aliphatic rings. The molecule has 0 aliphatic carbocycles. The minimum atomic E-state index is -0.677. The van der Waals surface area contributed by atoms with Crippen LogP contribution in [0.25, 0.3) is 0 Å².